The first kappa shape index (κ1) is 17.4. The van der Waals surface area contributed by atoms with E-state index in [4.69, 9.17) is 15.4 Å². The summed E-state index contributed by atoms with van der Waals surface area (Å²) in [7, 11) is 0. The van der Waals surface area contributed by atoms with Gasteiger partial charge in [0.1, 0.15) is 0 Å². The standard InChI is InChI=1S/C12H23N3O4/c1-4-6-14-18-8-19-15-12(17)10(5-2)7-9(3)11(13)16/h6,9-10H,4-5,7-8H2,1-3H3,(H2,13,16)(H,15,17)/b14-6-. The molecule has 0 rings (SSSR count). The number of hydrogen-bond acceptors (Lipinski definition) is 5. The quantitative estimate of drug-likeness (QED) is 0.267. The van der Waals surface area contributed by atoms with Crippen molar-refractivity contribution in [1.82, 2.24) is 5.48 Å². The first-order valence-corrected chi connectivity index (χ1v) is 6.37. The Balaban J connectivity index is 3.95. The summed E-state index contributed by atoms with van der Waals surface area (Å²) in [5.74, 6) is -1.37. The molecule has 0 saturated carbocycles. The lowest BCUT2D eigenvalue weighted by Crippen LogP contribution is -2.34. The summed E-state index contributed by atoms with van der Waals surface area (Å²) in [6.07, 6.45) is 3.33. The van der Waals surface area contributed by atoms with Gasteiger partial charge in [0, 0.05) is 18.1 Å². The fourth-order valence-corrected chi connectivity index (χ4v) is 1.37. The molecule has 0 fully saturated rings. The van der Waals surface area contributed by atoms with Crippen LogP contribution in [0.5, 0.6) is 0 Å². The van der Waals surface area contributed by atoms with Crippen molar-refractivity contribution in [3.8, 4) is 0 Å². The molecular weight excluding hydrogens is 250 g/mol. The molecule has 0 aliphatic rings. The van der Waals surface area contributed by atoms with E-state index in [1.165, 1.54) is 0 Å². The molecule has 0 aliphatic carbocycles. The minimum Gasteiger partial charge on any atom is -0.369 e. The van der Waals surface area contributed by atoms with Crippen LogP contribution in [-0.2, 0) is 19.3 Å². The van der Waals surface area contributed by atoms with Crippen LogP contribution in [0.2, 0.25) is 0 Å². The number of hydroxylamine groups is 1. The van der Waals surface area contributed by atoms with Crippen molar-refractivity contribution in [3.05, 3.63) is 0 Å². The molecule has 0 heterocycles. The number of primary amides is 1. The molecule has 3 N–H and O–H groups in total. The predicted molar refractivity (Wildman–Crippen MR) is 70.7 cm³/mol. The average molecular weight is 273 g/mol. The van der Waals surface area contributed by atoms with Gasteiger partial charge in [-0.1, -0.05) is 25.9 Å². The lowest BCUT2D eigenvalue weighted by molar-refractivity contribution is -0.152. The van der Waals surface area contributed by atoms with Gasteiger partial charge in [-0.3, -0.25) is 9.59 Å². The minimum atomic E-state index is -0.413. The van der Waals surface area contributed by atoms with Gasteiger partial charge in [0.05, 0.1) is 0 Å². The molecule has 0 aromatic carbocycles. The van der Waals surface area contributed by atoms with E-state index in [0.29, 0.717) is 12.8 Å². The van der Waals surface area contributed by atoms with Gasteiger partial charge in [0.25, 0.3) is 0 Å². The maximum Gasteiger partial charge on any atom is 0.246 e. The Hall–Kier alpha value is -1.63. The summed E-state index contributed by atoms with van der Waals surface area (Å²) in [6, 6.07) is 0. The van der Waals surface area contributed by atoms with Crippen LogP contribution < -0.4 is 11.2 Å². The molecule has 0 aromatic rings. The van der Waals surface area contributed by atoms with E-state index < -0.39 is 5.91 Å². The van der Waals surface area contributed by atoms with E-state index >= 15 is 0 Å². The number of carbonyl (C=O) groups is 2. The van der Waals surface area contributed by atoms with Crippen LogP contribution in [0.15, 0.2) is 5.16 Å². The van der Waals surface area contributed by atoms with Crippen LogP contribution in [0.3, 0.4) is 0 Å². The molecule has 0 aliphatic heterocycles. The third-order valence-electron chi connectivity index (χ3n) is 2.60. The van der Waals surface area contributed by atoms with Crippen molar-refractivity contribution in [2.24, 2.45) is 22.7 Å². The highest BCUT2D eigenvalue weighted by atomic mass is 16.8. The van der Waals surface area contributed by atoms with E-state index in [-0.39, 0.29) is 24.5 Å². The fraction of sp³-hybridized carbons (Fsp3) is 0.750. The molecule has 0 radical (unpaired) electrons. The van der Waals surface area contributed by atoms with E-state index in [0.717, 1.165) is 6.42 Å². The lowest BCUT2D eigenvalue weighted by atomic mass is 9.93. The Morgan fingerprint density at radius 3 is 2.63 bits per heavy atom. The highest BCUT2D eigenvalue weighted by Crippen LogP contribution is 2.15. The minimum absolute atomic E-state index is 0.163. The number of hydrogen-bond donors (Lipinski definition) is 2. The average Bonchev–Trinajstić information content (AvgIpc) is 2.39. The third kappa shape index (κ3) is 8.15. The first-order valence-electron chi connectivity index (χ1n) is 6.37. The van der Waals surface area contributed by atoms with Crippen molar-refractivity contribution < 1.29 is 19.3 Å². The van der Waals surface area contributed by atoms with Crippen molar-refractivity contribution in [2.75, 3.05) is 6.79 Å². The molecule has 0 saturated heterocycles. The molecule has 0 spiro atoms. The number of nitrogens with one attached hydrogen (secondary N) is 1. The molecule has 7 heteroatoms. The number of rotatable bonds is 10. The van der Waals surface area contributed by atoms with Gasteiger partial charge >= 0.3 is 0 Å². The Morgan fingerprint density at radius 2 is 2.11 bits per heavy atom. The highest BCUT2D eigenvalue weighted by molar-refractivity contribution is 5.80. The zero-order chi connectivity index (χ0) is 14.7. The van der Waals surface area contributed by atoms with Gasteiger partial charge < -0.3 is 10.6 Å². The van der Waals surface area contributed by atoms with Crippen LogP contribution in [0.4, 0.5) is 0 Å². The summed E-state index contributed by atoms with van der Waals surface area (Å²) in [5.41, 5.74) is 7.43. The monoisotopic (exact) mass is 273 g/mol. The highest BCUT2D eigenvalue weighted by Gasteiger charge is 2.22. The second-order valence-electron chi connectivity index (χ2n) is 4.20. The van der Waals surface area contributed by atoms with Gasteiger partial charge in [0.2, 0.25) is 18.6 Å². The summed E-state index contributed by atoms with van der Waals surface area (Å²) >= 11 is 0. The van der Waals surface area contributed by atoms with Gasteiger partial charge in [-0.15, -0.1) is 0 Å². The normalized spacial score (nSPS) is 14.1. The molecule has 0 aromatic heterocycles. The molecule has 110 valence electrons. The predicted octanol–water partition coefficient (Wildman–Crippen LogP) is 0.942. The van der Waals surface area contributed by atoms with Crippen LogP contribution in [-0.4, -0.2) is 24.8 Å². The summed E-state index contributed by atoms with van der Waals surface area (Å²) in [6.45, 7) is 5.31. The van der Waals surface area contributed by atoms with Crippen molar-refractivity contribution in [3.63, 3.8) is 0 Å². The molecule has 0 bridgehead atoms. The molecule has 2 unspecified atom stereocenters. The Kier molecular flexibility index (Phi) is 9.42. The van der Waals surface area contributed by atoms with Crippen molar-refractivity contribution in [1.29, 1.82) is 0 Å². The van der Waals surface area contributed by atoms with Crippen LogP contribution in [0, 0.1) is 11.8 Å². The zero-order valence-corrected chi connectivity index (χ0v) is 11.7. The van der Waals surface area contributed by atoms with Crippen molar-refractivity contribution >= 4 is 18.0 Å². The van der Waals surface area contributed by atoms with Crippen LogP contribution in [0.1, 0.15) is 40.0 Å². The molecule has 2 atom stereocenters. The SMILES string of the molecule is CC/C=N\OCONC(=O)C(CC)CC(C)C(N)=O. The smallest absolute Gasteiger partial charge is 0.246 e. The van der Waals surface area contributed by atoms with Gasteiger partial charge in [-0.05, 0) is 19.3 Å². The number of oxime groups is 1. The maximum atomic E-state index is 11.7. The molecule has 19 heavy (non-hydrogen) atoms. The fourth-order valence-electron chi connectivity index (χ4n) is 1.37. The number of nitrogens with zero attached hydrogens (tertiary/aromatic N) is 1. The van der Waals surface area contributed by atoms with Crippen LogP contribution >= 0.6 is 0 Å². The summed E-state index contributed by atoms with van der Waals surface area (Å²) in [5, 5.41) is 3.56. The molecule has 2 amide bonds. The first-order chi connectivity index (χ1) is 9.02. The lowest BCUT2D eigenvalue weighted by Gasteiger charge is -2.16. The summed E-state index contributed by atoms with van der Waals surface area (Å²) in [4.78, 5) is 32.2. The second kappa shape index (κ2) is 10.3. The number of carbonyl (C=O) groups excluding carboxylic acids is 2. The summed E-state index contributed by atoms with van der Waals surface area (Å²) < 4.78 is 0. The molecular formula is C12H23N3O4. The van der Waals surface area contributed by atoms with Crippen molar-refractivity contribution in [2.45, 2.75) is 40.0 Å². The Morgan fingerprint density at radius 1 is 1.42 bits per heavy atom. The number of amides is 2. The largest absolute Gasteiger partial charge is 0.369 e. The van der Waals surface area contributed by atoms with E-state index in [9.17, 15) is 9.59 Å². The Bertz CT molecular complexity index is 307. The Labute approximate surface area is 113 Å². The van der Waals surface area contributed by atoms with E-state index in [1.54, 1.807) is 13.1 Å². The topological polar surface area (TPSA) is 103 Å². The van der Waals surface area contributed by atoms with Gasteiger partial charge in [0.15, 0.2) is 0 Å². The van der Waals surface area contributed by atoms with E-state index in [1.807, 2.05) is 13.8 Å². The maximum absolute atomic E-state index is 11.7. The van der Waals surface area contributed by atoms with Crippen LogP contribution in [0.25, 0.3) is 0 Å². The zero-order valence-electron chi connectivity index (χ0n) is 11.7. The molecule has 7 nitrogen and oxygen atoms in total. The van der Waals surface area contributed by atoms with Gasteiger partial charge in [-0.25, -0.2) is 10.3 Å². The van der Waals surface area contributed by atoms with Gasteiger partial charge in [-0.2, -0.15) is 0 Å². The second-order valence-corrected chi connectivity index (χ2v) is 4.20. The third-order valence-corrected chi connectivity index (χ3v) is 2.60. The number of nitrogens with two attached hydrogens (primary N) is 1. The van der Waals surface area contributed by atoms with E-state index in [2.05, 4.69) is 10.6 Å².